The minimum atomic E-state index is -3.52. The van der Waals surface area contributed by atoms with E-state index in [0.717, 1.165) is 18.0 Å². The lowest BCUT2D eigenvalue weighted by Gasteiger charge is -2.31. The quantitative estimate of drug-likeness (QED) is 0.869. The first-order chi connectivity index (χ1) is 10.9. The molecule has 0 unspecified atom stereocenters. The van der Waals surface area contributed by atoms with E-state index in [9.17, 15) is 13.2 Å². The van der Waals surface area contributed by atoms with Crippen LogP contribution in [-0.4, -0.2) is 62.0 Å². The molecule has 0 saturated carbocycles. The summed E-state index contributed by atoms with van der Waals surface area (Å²) >= 11 is 1.59. The lowest BCUT2D eigenvalue weighted by atomic mass is 10.3. The van der Waals surface area contributed by atoms with Crippen LogP contribution < -0.4 is 5.32 Å². The fourth-order valence-electron chi connectivity index (χ4n) is 2.77. The molecule has 3 rings (SSSR count). The number of likely N-dealkylation sites (N-methyl/N-ethyl adjacent to an activating group) is 1. The minimum absolute atomic E-state index is 0.0714. The Kier molecular flexibility index (Phi) is 4.68. The Balaban J connectivity index is 1.90. The second-order valence-corrected chi connectivity index (χ2v) is 9.46. The molecule has 1 atom stereocenters. The third-order valence-electron chi connectivity index (χ3n) is 4.13. The Morgan fingerprint density at radius 2 is 1.91 bits per heavy atom. The summed E-state index contributed by atoms with van der Waals surface area (Å²) in [6.45, 7) is 4.44. The predicted molar refractivity (Wildman–Crippen MR) is 91.3 cm³/mol. The van der Waals surface area contributed by atoms with Crippen molar-refractivity contribution in [1.29, 1.82) is 0 Å². The van der Waals surface area contributed by atoms with Gasteiger partial charge in [0.2, 0.25) is 15.9 Å². The summed E-state index contributed by atoms with van der Waals surface area (Å²) in [7, 11) is -1.53. The van der Waals surface area contributed by atoms with E-state index in [1.807, 2.05) is 14.0 Å². The molecule has 1 aromatic rings. The van der Waals surface area contributed by atoms with Gasteiger partial charge >= 0.3 is 0 Å². The van der Waals surface area contributed by atoms with Crippen molar-refractivity contribution in [3.63, 3.8) is 0 Å². The van der Waals surface area contributed by atoms with Gasteiger partial charge in [0.1, 0.15) is 0 Å². The van der Waals surface area contributed by atoms with Crippen LogP contribution in [0.5, 0.6) is 0 Å². The van der Waals surface area contributed by atoms with E-state index >= 15 is 0 Å². The van der Waals surface area contributed by atoms with E-state index in [1.54, 1.807) is 30.0 Å². The van der Waals surface area contributed by atoms with Gasteiger partial charge in [-0.05, 0) is 25.2 Å². The van der Waals surface area contributed by atoms with Crippen LogP contribution in [0.1, 0.15) is 13.3 Å². The van der Waals surface area contributed by atoms with Crippen molar-refractivity contribution in [2.45, 2.75) is 28.4 Å². The molecule has 0 spiro atoms. The number of nitrogens with zero attached hydrogens (tertiary/aromatic N) is 2. The Hall–Kier alpha value is -1.09. The molecule has 126 valence electrons. The molecule has 1 aromatic carbocycles. The highest BCUT2D eigenvalue weighted by Crippen LogP contribution is 2.36. The molecule has 1 fully saturated rings. The number of nitrogens with one attached hydrogen (secondary N) is 1. The summed E-state index contributed by atoms with van der Waals surface area (Å²) in [6, 6.07) is 5.03. The van der Waals surface area contributed by atoms with Crippen molar-refractivity contribution >= 4 is 33.4 Å². The molecule has 1 N–H and O–H groups in total. The lowest BCUT2D eigenvalue weighted by molar-refractivity contribution is -0.116. The number of amides is 1. The van der Waals surface area contributed by atoms with Crippen molar-refractivity contribution in [3.8, 4) is 0 Å². The van der Waals surface area contributed by atoms with Gasteiger partial charge in [-0.3, -0.25) is 4.79 Å². The second kappa shape index (κ2) is 6.43. The number of thioether (sulfide) groups is 1. The van der Waals surface area contributed by atoms with Crippen molar-refractivity contribution in [2.75, 3.05) is 38.5 Å². The summed E-state index contributed by atoms with van der Waals surface area (Å²) in [4.78, 5) is 15.1. The fraction of sp³-hybridized carbons (Fsp3) is 0.533. The zero-order valence-corrected chi connectivity index (χ0v) is 14.9. The number of hydrogen-bond donors (Lipinski definition) is 1. The van der Waals surface area contributed by atoms with Crippen LogP contribution >= 0.6 is 11.8 Å². The van der Waals surface area contributed by atoms with Crippen LogP contribution in [0.2, 0.25) is 0 Å². The molecule has 1 amide bonds. The highest BCUT2D eigenvalue weighted by molar-refractivity contribution is 8.00. The zero-order chi connectivity index (χ0) is 16.6. The Bertz CT molecular complexity index is 713. The van der Waals surface area contributed by atoms with Crippen molar-refractivity contribution in [3.05, 3.63) is 18.2 Å². The van der Waals surface area contributed by atoms with Gasteiger partial charge in [0.05, 0.1) is 10.6 Å². The van der Waals surface area contributed by atoms with E-state index in [0.29, 0.717) is 25.2 Å². The molecule has 23 heavy (non-hydrogen) atoms. The largest absolute Gasteiger partial charge is 0.325 e. The molecule has 6 nitrogen and oxygen atoms in total. The van der Waals surface area contributed by atoms with Gasteiger partial charge in [-0.2, -0.15) is 4.31 Å². The number of rotatable bonds is 2. The topological polar surface area (TPSA) is 69.7 Å². The highest BCUT2D eigenvalue weighted by atomic mass is 32.2. The highest BCUT2D eigenvalue weighted by Gasteiger charge is 2.29. The number of piperazine rings is 1. The number of fused-ring (bicyclic) bond motifs is 1. The van der Waals surface area contributed by atoms with Gasteiger partial charge in [0.25, 0.3) is 0 Å². The number of carbonyl (C=O) groups is 1. The standard InChI is InChI=1S/C15H21N3O3S2/c1-11-9-15(19)16-13-10-12(3-4-14(13)22-11)23(20,21)18-7-5-17(2)6-8-18/h3-4,10-11H,5-9H2,1-2H3,(H,16,19)/t11-/m1/s1. The van der Waals surface area contributed by atoms with E-state index in [4.69, 9.17) is 0 Å². The molecule has 2 heterocycles. The van der Waals surface area contributed by atoms with E-state index < -0.39 is 10.0 Å². The number of benzene rings is 1. The Morgan fingerprint density at radius 3 is 2.61 bits per heavy atom. The van der Waals surface area contributed by atoms with Crippen molar-refractivity contribution in [1.82, 2.24) is 9.21 Å². The fourth-order valence-corrected chi connectivity index (χ4v) is 5.27. The summed E-state index contributed by atoms with van der Waals surface area (Å²) < 4.78 is 27.1. The Morgan fingerprint density at radius 1 is 1.22 bits per heavy atom. The van der Waals surface area contributed by atoms with Gasteiger partial charge in [-0.15, -0.1) is 11.8 Å². The average Bonchev–Trinajstić information content (AvgIpc) is 2.63. The van der Waals surface area contributed by atoms with Crippen LogP contribution in [0, 0.1) is 0 Å². The maximum absolute atomic E-state index is 12.8. The first-order valence-corrected chi connectivity index (χ1v) is 9.97. The van der Waals surface area contributed by atoms with Gasteiger partial charge < -0.3 is 10.2 Å². The number of carbonyl (C=O) groups excluding carboxylic acids is 1. The van der Waals surface area contributed by atoms with E-state index in [-0.39, 0.29) is 16.1 Å². The molecular formula is C15H21N3O3S2. The maximum atomic E-state index is 12.8. The summed E-state index contributed by atoms with van der Waals surface area (Å²) in [5.74, 6) is -0.0714. The van der Waals surface area contributed by atoms with Crippen LogP contribution in [0.15, 0.2) is 28.0 Å². The SMILES string of the molecule is C[C@@H]1CC(=O)Nc2cc(S(=O)(=O)N3CCN(C)CC3)ccc2S1. The van der Waals surface area contributed by atoms with Crippen molar-refractivity contribution < 1.29 is 13.2 Å². The molecule has 0 bridgehead atoms. The molecule has 8 heteroatoms. The first kappa shape index (κ1) is 16.8. The maximum Gasteiger partial charge on any atom is 0.243 e. The van der Waals surface area contributed by atoms with Gasteiger partial charge in [0.15, 0.2) is 0 Å². The van der Waals surface area contributed by atoms with Crippen LogP contribution in [0.25, 0.3) is 0 Å². The molecule has 1 saturated heterocycles. The molecule has 0 aliphatic carbocycles. The van der Waals surface area contributed by atoms with Crippen LogP contribution in [0.3, 0.4) is 0 Å². The van der Waals surface area contributed by atoms with Gasteiger partial charge in [0, 0.05) is 42.7 Å². The Labute approximate surface area is 141 Å². The number of sulfonamides is 1. The second-order valence-electron chi connectivity index (χ2n) is 6.05. The summed E-state index contributed by atoms with van der Waals surface area (Å²) in [5.41, 5.74) is 0.597. The third-order valence-corrected chi connectivity index (χ3v) is 7.20. The summed E-state index contributed by atoms with van der Waals surface area (Å²) in [6.07, 6.45) is 0.430. The van der Waals surface area contributed by atoms with Gasteiger partial charge in [-0.25, -0.2) is 8.42 Å². The molecule has 0 radical (unpaired) electrons. The minimum Gasteiger partial charge on any atom is -0.325 e. The third kappa shape index (κ3) is 3.55. The van der Waals surface area contributed by atoms with E-state index in [1.165, 1.54) is 4.31 Å². The number of hydrogen-bond acceptors (Lipinski definition) is 5. The van der Waals surface area contributed by atoms with Crippen LogP contribution in [0.4, 0.5) is 5.69 Å². The molecule has 2 aliphatic rings. The predicted octanol–water partition coefficient (Wildman–Crippen LogP) is 1.45. The lowest BCUT2D eigenvalue weighted by Crippen LogP contribution is -2.47. The first-order valence-electron chi connectivity index (χ1n) is 7.65. The van der Waals surface area contributed by atoms with Gasteiger partial charge in [-0.1, -0.05) is 6.92 Å². The number of anilines is 1. The zero-order valence-electron chi connectivity index (χ0n) is 13.3. The normalized spacial score (nSPS) is 23.9. The molecule has 2 aliphatic heterocycles. The smallest absolute Gasteiger partial charge is 0.243 e. The summed E-state index contributed by atoms with van der Waals surface area (Å²) in [5, 5.41) is 3.00. The van der Waals surface area contributed by atoms with Crippen LogP contribution in [-0.2, 0) is 14.8 Å². The molecule has 0 aromatic heterocycles. The van der Waals surface area contributed by atoms with Crippen molar-refractivity contribution in [2.24, 2.45) is 0 Å². The molecular weight excluding hydrogens is 334 g/mol. The average molecular weight is 355 g/mol. The monoisotopic (exact) mass is 355 g/mol. The van der Waals surface area contributed by atoms with E-state index in [2.05, 4.69) is 10.2 Å².